The summed E-state index contributed by atoms with van der Waals surface area (Å²) in [4.78, 5) is 0. The molecule has 0 amide bonds. The minimum atomic E-state index is -4.49. The smallest absolute Gasteiger partial charge is 0.316 e. The van der Waals surface area contributed by atoms with Crippen LogP contribution in [0.25, 0.3) is 0 Å². The molecule has 0 aliphatic rings. The van der Waals surface area contributed by atoms with Crippen LogP contribution in [0.2, 0.25) is 0 Å². The van der Waals surface area contributed by atoms with E-state index in [1.807, 2.05) is 6.92 Å². The number of benzene rings is 1. The molecule has 0 fully saturated rings. The molecule has 19 heavy (non-hydrogen) atoms. The van der Waals surface area contributed by atoms with E-state index < -0.39 is 21.8 Å². The van der Waals surface area contributed by atoms with Gasteiger partial charge in [0, 0.05) is 12.2 Å². The molecular formula is C11H15F3N2O2S. The quantitative estimate of drug-likeness (QED) is 0.790. The summed E-state index contributed by atoms with van der Waals surface area (Å²) in [6.07, 6.45) is -4.49. The number of nitrogens with one attached hydrogen (secondary N) is 2. The molecule has 8 heteroatoms. The Kier molecular flexibility index (Phi) is 5.19. The van der Waals surface area contributed by atoms with E-state index in [9.17, 15) is 21.6 Å². The second kappa shape index (κ2) is 6.25. The van der Waals surface area contributed by atoms with E-state index in [0.717, 1.165) is 18.2 Å². The van der Waals surface area contributed by atoms with Crippen LogP contribution in [-0.2, 0) is 16.2 Å². The number of halogens is 3. The first-order valence-corrected chi connectivity index (χ1v) is 7.28. The number of alkyl halides is 3. The van der Waals surface area contributed by atoms with Gasteiger partial charge in [-0.05, 0) is 24.7 Å². The van der Waals surface area contributed by atoms with Crippen molar-refractivity contribution in [3.05, 3.63) is 29.8 Å². The maximum Gasteiger partial charge on any atom is 0.416 e. The van der Waals surface area contributed by atoms with Gasteiger partial charge in [0.25, 0.3) is 0 Å². The van der Waals surface area contributed by atoms with Gasteiger partial charge in [-0.2, -0.15) is 13.2 Å². The molecule has 0 saturated carbocycles. The predicted molar refractivity (Wildman–Crippen MR) is 67.4 cm³/mol. The van der Waals surface area contributed by atoms with Gasteiger partial charge in [0.05, 0.1) is 11.3 Å². The standard InChI is InChI=1S/C11H15F3N2O2S/c1-2-15-6-7-19(17,18)16-10-5-3-4-9(8-10)11(12,13)14/h3-5,8,15-16H,2,6-7H2,1H3. The molecule has 0 aliphatic carbocycles. The molecule has 108 valence electrons. The third-order valence-electron chi connectivity index (χ3n) is 2.26. The first-order valence-electron chi connectivity index (χ1n) is 5.63. The van der Waals surface area contributed by atoms with E-state index in [0.29, 0.717) is 6.54 Å². The summed E-state index contributed by atoms with van der Waals surface area (Å²) in [7, 11) is -3.65. The molecule has 0 unspecified atom stereocenters. The van der Waals surface area contributed by atoms with Gasteiger partial charge in [0.2, 0.25) is 10.0 Å². The lowest BCUT2D eigenvalue weighted by atomic mass is 10.2. The number of sulfonamides is 1. The molecule has 0 aliphatic heterocycles. The van der Waals surface area contributed by atoms with Crippen LogP contribution in [-0.4, -0.2) is 27.3 Å². The van der Waals surface area contributed by atoms with E-state index in [4.69, 9.17) is 0 Å². The van der Waals surface area contributed by atoms with Crippen LogP contribution in [0.4, 0.5) is 18.9 Å². The molecule has 0 saturated heterocycles. The van der Waals surface area contributed by atoms with Gasteiger partial charge < -0.3 is 5.32 Å². The summed E-state index contributed by atoms with van der Waals surface area (Å²) in [6.45, 7) is 2.69. The molecule has 0 radical (unpaired) electrons. The average Bonchev–Trinajstić information content (AvgIpc) is 2.27. The highest BCUT2D eigenvalue weighted by molar-refractivity contribution is 7.92. The number of anilines is 1. The fourth-order valence-electron chi connectivity index (χ4n) is 1.37. The number of rotatable bonds is 6. The van der Waals surface area contributed by atoms with E-state index in [1.165, 1.54) is 6.07 Å². The topological polar surface area (TPSA) is 58.2 Å². The third kappa shape index (κ3) is 5.48. The van der Waals surface area contributed by atoms with Crippen LogP contribution in [0.1, 0.15) is 12.5 Å². The van der Waals surface area contributed by atoms with Crippen LogP contribution < -0.4 is 10.0 Å². The van der Waals surface area contributed by atoms with Crippen molar-refractivity contribution in [2.45, 2.75) is 13.1 Å². The van der Waals surface area contributed by atoms with Crippen molar-refractivity contribution in [2.75, 3.05) is 23.6 Å². The van der Waals surface area contributed by atoms with E-state index in [2.05, 4.69) is 10.0 Å². The first-order chi connectivity index (χ1) is 8.74. The Morgan fingerprint density at radius 3 is 2.53 bits per heavy atom. The van der Waals surface area contributed by atoms with Gasteiger partial charge in [-0.1, -0.05) is 13.0 Å². The molecule has 4 nitrogen and oxygen atoms in total. The molecule has 1 aromatic rings. The van der Waals surface area contributed by atoms with Crippen LogP contribution >= 0.6 is 0 Å². The molecule has 1 rings (SSSR count). The molecule has 0 spiro atoms. The highest BCUT2D eigenvalue weighted by Crippen LogP contribution is 2.30. The average molecular weight is 296 g/mol. The summed E-state index contributed by atoms with van der Waals surface area (Å²) in [5, 5.41) is 2.83. The number of hydrogen-bond acceptors (Lipinski definition) is 3. The largest absolute Gasteiger partial charge is 0.416 e. The van der Waals surface area contributed by atoms with Crippen LogP contribution in [0.5, 0.6) is 0 Å². The van der Waals surface area contributed by atoms with Crippen molar-refractivity contribution < 1.29 is 21.6 Å². The molecule has 0 bridgehead atoms. The van der Waals surface area contributed by atoms with Crippen molar-refractivity contribution in [2.24, 2.45) is 0 Å². The summed E-state index contributed by atoms with van der Waals surface area (Å²) >= 11 is 0. The summed E-state index contributed by atoms with van der Waals surface area (Å²) in [5.41, 5.74) is -0.981. The van der Waals surface area contributed by atoms with Gasteiger partial charge in [0.15, 0.2) is 0 Å². The summed E-state index contributed by atoms with van der Waals surface area (Å²) in [5.74, 6) is -0.197. The molecular weight excluding hydrogens is 281 g/mol. The zero-order valence-corrected chi connectivity index (χ0v) is 11.1. The minimum absolute atomic E-state index is 0.0914. The van der Waals surface area contributed by atoms with Gasteiger partial charge in [-0.15, -0.1) is 0 Å². The molecule has 0 aromatic heterocycles. The molecule has 1 aromatic carbocycles. The molecule has 0 atom stereocenters. The van der Waals surface area contributed by atoms with Crippen LogP contribution in [0, 0.1) is 0 Å². The second-order valence-corrected chi connectivity index (χ2v) is 5.69. The monoisotopic (exact) mass is 296 g/mol. The fraction of sp³-hybridized carbons (Fsp3) is 0.455. The molecule has 0 heterocycles. The lowest BCUT2D eigenvalue weighted by Gasteiger charge is -2.11. The van der Waals surface area contributed by atoms with Gasteiger partial charge in [-0.25, -0.2) is 8.42 Å². The number of hydrogen-bond donors (Lipinski definition) is 2. The Balaban J connectivity index is 2.77. The lowest BCUT2D eigenvalue weighted by Crippen LogP contribution is -2.26. The van der Waals surface area contributed by atoms with Crippen LogP contribution in [0.15, 0.2) is 24.3 Å². The fourth-order valence-corrected chi connectivity index (χ4v) is 2.37. The lowest BCUT2D eigenvalue weighted by molar-refractivity contribution is -0.137. The first kappa shape index (κ1) is 15.8. The minimum Gasteiger partial charge on any atom is -0.316 e. The van der Waals surface area contributed by atoms with E-state index in [1.54, 1.807) is 0 Å². The Morgan fingerprint density at radius 1 is 1.26 bits per heavy atom. The Labute approximate surface area is 110 Å². The van der Waals surface area contributed by atoms with Gasteiger partial charge >= 0.3 is 6.18 Å². The van der Waals surface area contributed by atoms with E-state index in [-0.39, 0.29) is 18.0 Å². The summed E-state index contributed by atoms with van der Waals surface area (Å²) < 4.78 is 62.7. The Bertz CT molecular complexity index is 515. The van der Waals surface area contributed by atoms with Crippen molar-refractivity contribution in [1.82, 2.24) is 5.32 Å². The second-order valence-electron chi connectivity index (χ2n) is 3.85. The maximum atomic E-state index is 12.5. The Morgan fingerprint density at radius 2 is 1.95 bits per heavy atom. The maximum absolute atomic E-state index is 12.5. The Hall–Kier alpha value is -1.28. The van der Waals surface area contributed by atoms with Gasteiger partial charge in [-0.3, -0.25) is 4.72 Å². The van der Waals surface area contributed by atoms with E-state index >= 15 is 0 Å². The van der Waals surface area contributed by atoms with Crippen molar-refractivity contribution in [3.8, 4) is 0 Å². The third-order valence-corrected chi connectivity index (χ3v) is 3.55. The van der Waals surface area contributed by atoms with Crippen molar-refractivity contribution in [1.29, 1.82) is 0 Å². The van der Waals surface area contributed by atoms with Crippen molar-refractivity contribution >= 4 is 15.7 Å². The van der Waals surface area contributed by atoms with Gasteiger partial charge in [0.1, 0.15) is 0 Å². The zero-order valence-electron chi connectivity index (χ0n) is 10.3. The normalized spacial score (nSPS) is 12.4. The molecule has 2 N–H and O–H groups in total. The predicted octanol–water partition coefficient (Wildman–Crippen LogP) is 2.06. The zero-order chi connectivity index (χ0) is 14.5. The van der Waals surface area contributed by atoms with Crippen LogP contribution in [0.3, 0.4) is 0 Å². The highest BCUT2D eigenvalue weighted by atomic mass is 32.2. The SMILES string of the molecule is CCNCCS(=O)(=O)Nc1cccc(C(F)(F)F)c1. The summed E-state index contributed by atoms with van der Waals surface area (Å²) in [6, 6.07) is 4.09. The highest BCUT2D eigenvalue weighted by Gasteiger charge is 2.30. The van der Waals surface area contributed by atoms with Crippen molar-refractivity contribution in [3.63, 3.8) is 0 Å².